The topological polar surface area (TPSA) is 70.0 Å². The molecule has 5 atom stereocenters. The summed E-state index contributed by atoms with van der Waals surface area (Å²) in [7, 11) is 0. The van der Waals surface area contributed by atoms with E-state index in [0.717, 1.165) is 56.0 Å². The largest absolute Gasteiger partial charge is 0.387 e. The van der Waals surface area contributed by atoms with Gasteiger partial charge in [0.15, 0.2) is 0 Å². The molecule has 4 aliphatic rings. The van der Waals surface area contributed by atoms with Crippen molar-refractivity contribution in [3.8, 4) is 0 Å². The number of aliphatic hydroxyl groups excluding tert-OH is 1. The van der Waals surface area contributed by atoms with Gasteiger partial charge in [-0.3, -0.25) is 4.79 Å². The van der Waals surface area contributed by atoms with Crippen molar-refractivity contribution < 1.29 is 15.2 Å². The summed E-state index contributed by atoms with van der Waals surface area (Å²) < 4.78 is 0. The lowest BCUT2D eigenvalue weighted by Crippen LogP contribution is -2.82. The minimum absolute atomic E-state index is 0.00651. The van der Waals surface area contributed by atoms with Gasteiger partial charge in [-0.25, -0.2) is 4.98 Å². The van der Waals surface area contributed by atoms with E-state index in [4.69, 9.17) is 4.98 Å². The maximum absolute atomic E-state index is 14.5. The molecule has 35 heavy (non-hydrogen) atoms. The van der Waals surface area contributed by atoms with Gasteiger partial charge in [-0.1, -0.05) is 49.6 Å². The molecule has 2 aromatic rings. The number of benzene rings is 1. The molecule has 3 N–H and O–H groups in total. The molecule has 1 aromatic carbocycles. The molecule has 0 bridgehead atoms. The summed E-state index contributed by atoms with van der Waals surface area (Å²) in [5, 5.41) is 14.0. The molecule has 6 rings (SSSR count). The fourth-order valence-electron chi connectivity index (χ4n) is 7.88. The minimum atomic E-state index is -0.478. The highest BCUT2D eigenvalue weighted by molar-refractivity contribution is 7.11. The van der Waals surface area contributed by atoms with Crippen LogP contribution in [0.3, 0.4) is 0 Å². The van der Waals surface area contributed by atoms with Crippen molar-refractivity contribution >= 4 is 17.2 Å². The second-order valence-corrected chi connectivity index (χ2v) is 12.8. The van der Waals surface area contributed by atoms with E-state index in [1.807, 2.05) is 6.92 Å². The third-order valence-corrected chi connectivity index (χ3v) is 10.9. The van der Waals surface area contributed by atoms with Gasteiger partial charge in [-0.2, -0.15) is 0 Å². The molecule has 6 heteroatoms. The maximum atomic E-state index is 14.5. The Bertz CT molecular complexity index is 1050. The molecule has 2 aliphatic heterocycles. The van der Waals surface area contributed by atoms with E-state index in [1.165, 1.54) is 42.5 Å². The van der Waals surface area contributed by atoms with Crippen molar-refractivity contribution in [1.29, 1.82) is 0 Å². The molecule has 2 unspecified atom stereocenters. The second kappa shape index (κ2) is 9.60. The highest BCUT2D eigenvalue weighted by atomic mass is 32.1. The van der Waals surface area contributed by atoms with Gasteiger partial charge < -0.3 is 15.3 Å². The number of fused-ring (bicyclic) bond motifs is 2. The lowest BCUT2D eigenvalue weighted by atomic mass is 9.67. The number of aromatic nitrogens is 1. The van der Waals surface area contributed by atoms with Gasteiger partial charge in [0.1, 0.15) is 5.92 Å². The Balaban J connectivity index is 1.30. The Kier molecular flexibility index (Phi) is 6.48. The minimum Gasteiger partial charge on any atom is -0.387 e. The number of piperidine rings is 1. The number of aryl methyl sites for hydroxylation is 1. The van der Waals surface area contributed by atoms with E-state index in [-0.39, 0.29) is 11.3 Å². The Morgan fingerprint density at radius 1 is 1.14 bits per heavy atom. The van der Waals surface area contributed by atoms with Crippen LogP contribution in [0, 0.1) is 18.8 Å². The van der Waals surface area contributed by atoms with Crippen LogP contribution in [0.2, 0.25) is 0 Å². The molecule has 3 heterocycles. The molecule has 1 aromatic heterocycles. The van der Waals surface area contributed by atoms with Crippen molar-refractivity contribution in [3.63, 3.8) is 0 Å². The van der Waals surface area contributed by atoms with Crippen LogP contribution in [0.25, 0.3) is 0 Å². The van der Waals surface area contributed by atoms with E-state index in [9.17, 15) is 9.90 Å². The number of aliphatic hydroxyl groups is 1. The van der Waals surface area contributed by atoms with Gasteiger partial charge in [-0.15, -0.1) is 11.3 Å². The van der Waals surface area contributed by atoms with Crippen molar-refractivity contribution in [1.82, 2.24) is 9.88 Å². The Morgan fingerprint density at radius 2 is 1.94 bits per heavy atom. The summed E-state index contributed by atoms with van der Waals surface area (Å²) in [5.41, 5.74) is 2.14. The quantitative estimate of drug-likeness (QED) is 0.676. The standard InChI is InChI=1S/C29H39N3O2S/c1-19-31-26-25(33)12-14-29(27(26)35-19)18-30-17-23(29)28(34)32-15-13-22(20-8-4-2-5-9-20)16-24(32)21-10-6-3-7-11-21/h2,4-5,8-9,21-25,30,33H,3,6-7,10-18H2,1H3/p+1/t22-,23?,24+,25?,29-/m1/s1. The van der Waals surface area contributed by atoms with Crippen LogP contribution in [0.5, 0.6) is 0 Å². The summed E-state index contributed by atoms with van der Waals surface area (Å²) in [6, 6.07) is 11.3. The Labute approximate surface area is 213 Å². The smallest absolute Gasteiger partial charge is 0.232 e. The van der Waals surface area contributed by atoms with Gasteiger partial charge in [0.2, 0.25) is 5.91 Å². The van der Waals surface area contributed by atoms with Crippen LogP contribution in [-0.4, -0.2) is 46.6 Å². The first-order chi connectivity index (χ1) is 17.1. The molecule has 1 amide bonds. The average Bonchev–Trinajstić information content (AvgIpc) is 3.51. The normalized spacial score (nSPS) is 33.7. The van der Waals surface area contributed by atoms with E-state index in [2.05, 4.69) is 40.5 Å². The first kappa shape index (κ1) is 23.6. The van der Waals surface area contributed by atoms with Crippen LogP contribution in [-0.2, 0) is 10.2 Å². The van der Waals surface area contributed by atoms with Crippen molar-refractivity contribution in [2.45, 2.75) is 88.2 Å². The molecule has 5 nitrogen and oxygen atoms in total. The molecule has 1 saturated carbocycles. The predicted molar refractivity (Wildman–Crippen MR) is 138 cm³/mol. The van der Waals surface area contributed by atoms with E-state index in [0.29, 0.717) is 23.8 Å². The first-order valence-corrected chi connectivity index (χ1v) is 14.7. The number of carbonyl (C=O) groups excluding carboxylic acids is 1. The van der Waals surface area contributed by atoms with E-state index in [1.54, 1.807) is 11.3 Å². The third kappa shape index (κ3) is 4.15. The van der Waals surface area contributed by atoms with Crippen molar-refractivity contribution in [3.05, 3.63) is 51.5 Å². The maximum Gasteiger partial charge on any atom is 0.232 e. The van der Waals surface area contributed by atoms with Crippen LogP contribution >= 0.6 is 11.3 Å². The zero-order chi connectivity index (χ0) is 24.0. The lowest BCUT2D eigenvalue weighted by molar-refractivity contribution is -0.640. The van der Waals surface area contributed by atoms with Crippen LogP contribution in [0.15, 0.2) is 30.3 Å². The number of nitrogens with two attached hydrogens (primary N) is 1. The SMILES string of the molecule is Cc1nc2c(s1)[C@]1(CCC2O)C[NH2+]CC1C(=O)N1CC[C@@H](c2ccccc2)C[C@H]1C1CCCCC1. The zero-order valence-electron chi connectivity index (χ0n) is 21.0. The lowest BCUT2D eigenvalue weighted by Gasteiger charge is -2.47. The Hall–Kier alpha value is -1.76. The second-order valence-electron chi connectivity index (χ2n) is 11.6. The van der Waals surface area contributed by atoms with Crippen LogP contribution in [0.4, 0.5) is 0 Å². The van der Waals surface area contributed by atoms with Gasteiger partial charge >= 0.3 is 0 Å². The van der Waals surface area contributed by atoms with Gasteiger partial charge in [-0.05, 0) is 62.8 Å². The molecular formula is C29H40N3O2S+. The number of hydrogen-bond donors (Lipinski definition) is 2. The average molecular weight is 495 g/mol. The number of nitrogens with zero attached hydrogens (tertiary/aromatic N) is 2. The molecule has 2 aliphatic carbocycles. The van der Waals surface area contributed by atoms with Crippen LogP contribution < -0.4 is 5.32 Å². The van der Waals surface area contributed by atoms with Crippen LogP contribution in [0.1, 0.15) is 91.0 Å². The highest BCUT2D eigenvalue weighted by Gasteiger charge is 2.57. The summed E-state index contributed by atoms with van der Waals surface area (Å²) in [6.45, 7) is 4.72. The summed E-state index contributed by atoms with van der Waals surface area (Å²) in [5.74, 6) is 1.56. The van der Waals surface area contributed by atoms with Gasteiger partial charge in [0, 0.05) is 17.5 Å². The third-order valence-electron chi connectivity index (χ3n) is 9.66. The van der Waals surface area contributed by atoms with Gasteiger partial charge in [0.05, 0.1) is 35.3 Å². The molecule has 2 saturated heterocycles. The number of thiazole rings is 1. The van der Waals surface area contributed by atoms with Crippen molar-refractivity contribution in [2.24, 2.45) is 11.8 Å². The summed E-state index contributed by atoms with van der Waals surface area (Å²) >= 11 is 1.72. The van der Waals surface area contributed by atoms with Crippen molar-refractivity contribution in [2.75, 3.05) is 19.6 Å². The predicted octanol–water partition coefficient (Wildman–Crippen LogP) is 4.06. The molecule has 1 spiro atoms. The van der Waals surface area contributed by atoms with E-state index < -0.39 is 6.10 Å². The monoisotopic (exact) mass is 494 g/mol. The number of quaternary nitrogens is 1. The van der Waals surface area contributed by atoms with E-state index >= 15 is 0 Å². The highest BCUT2D eigenvalue weighted by Crippen LogP contribution is 2.50. The zero-order valence-corrected chi connectivity index (χ0v) is 21.8. The molecule has 0 radical (unpaired) electrons. The molecular weight excluding hydrogens is 454 g/mol. The Morgan fingerprint density at radius 3 is 2.74 bits per heavy atom. The summed E-state index contributed by atoms with van der Waals surface area (Å²) in [6.07, 6.45) is 9.79. The number of hydrogen-bond acceptors (Lipinski definition) is 4. The number of carbonyl (C=O) groups is 1. The summed E-state index contributed by atoms with van der Waals surface area (Å²) in [4.78, 5) is 22.8. The molecule has 188 valence electrons. The number of rotatable bonds is 3. The first-order valence-electron chi connectivity index (χ1n) is 13.9. The number of amides is 1. The fourth-order valence-corrected chi connectivity index (χ4v) is 9.13. The fraction of sp³-hybridized carbons (Fsp3) is 0.655. The number of likely N-dealkylation sites (tertiary alicyclic amines) is 1. The van der Waals surface area contributed by atoms with Gasteiger partial charge in [0.25, 0.3) is 0 Å². The molecule has 3 fully saturated rings.